The Morgan fingerprint density at radius 3 is 2.79 bits per heavy atom. The van der Waals surface area contributed by atoms with Crippen LogP contribution < -0.4 is 5.32 Å². The van der Waals surface area contributed by atoms with Crippen LogP contribution in [-0.2, 0) is 7.05 Å². The van der Waals surface area contributed by atoms with Gasteiger partial charge in [0.15, 0.2) is 0 Å². The number of hydrogen-bond donors (Lipinski definition) is 2. The van der Waals surface area contributed by atoms with Gasteiger partial charge in [0.05, 0.1) is 17.8 Å². The molecule has 1 aromatic carbocycles. The molecule has 1 aromatic heterocycles. The van der Waals surface area contributed by atoms with Crippen LogP contribution in [0.2, 0.25) is 0 Å². The van der Waals surface area contributed by atoms with Crippen molar-refractivity contribution < 1.29 is 9.90 Å². The summed E-state index contributed by atoms with van der Waals surface area (Å²) < 4.78 is 1.74. The summed E-state index contributed by atoms with van der Waals surface area (Å²) >= 11 is 0. The number of nitrogens with zero attached hydrogens (tertiary/aromatic N) is 2. The van der Waals surface area contributed by atoms with Crippen LogP contribution >= 0.6 is 0 Å². The maximum absolute atomic E-state index is 11.1. The van der Waals surface area contributed by atoms with Gasteiger partial charge in [-0.15, -0.1) is 0 Å². The molecule has 0 amide bonds. The molecule has 1 unspecified atom stereocenters. The molecular formula is C14H17N3O2. The van der Waals surface area contributed by atoms with Crippen LogP contribution in [0, 0.1) is 6.92 Å². The molecule has 0 fully saturated rings. The highest BCUT2D eigenvalue weighted by Crippen LogP contribution is 2.24. The average molecular weight is 259 g/mol. The largest absolute Gasteiger partial charge is 0.478 e. The van der Waals surface area contributed by atoms with Crippen LogP contribution in [0.1, 0.15) is 34.5 Å². The Hall–Kier alpha value is -2.30. The van der Waals surface area contributed by atoms with E-state index in [0.29, 0.717) is 5.56 Å². The summed E-state index contributed by atoms with van der Waals surface area (Å²) in [4.78, 5) is 11.1. The highest BCUT2D eigenvalue weighted by Gasteiger charge is 2.13. The van der Waals surface area contributed by atoms with E-state index in [1.54, 1.807) is 23.0 Å². The molecule has 0 saturated carbocycles. The van der Waals surface area contributed by atoms with Crippen LogP contribution in [0.3, 0.4) is 0 Å². The molecule has 2 N–H and O–H groups in total. The Morgan fingerprint density at radius 2 is 2.21 bits per heavy atom. The van der Waals surface area contributed by atoms with Gasteiger partial charge in [-0.2, -0.15) is 5.10 Å². The molecule has 5 heteroatoms. The number of aryl methyl sites for hydroxylation is 1. The van der Waals surface area contributed by atoms with Crippen LogP contribution in [-0.4, -0.2) is 20.9 Å². The van der Waals surface area contributed by atoms with Gasteiger partial charge in [0, 0.05) is 24.5 Å². The normalized spacial score (nSPS) is 12.2. The molecule has 0 spiro atoms. The number of carboxylic acid groups (broad SMARTS) is 1. The Labute approximate surface area is 111 Å². The second-order valence-corrected chi connectivity index (χ2v) is 4.60. The van der Waals surface area contributed by atoms with E-state index < -0.39 is 5.97 Å². The fourth-order valence-electron chi connectivity index (χ4n) is 2.00. The predicted molar refractivity (Wildman–Crippen MR) is 73.4 cm³/mol. The zero-order chi connectivity index (χ0) is 14.0. The first kappa shape index (κ1) is 13.1. The third-order valence-corrected chi connectivity index (χ3v) is 3.16. The maximum atomic E-state index is 11.1. The summed E-state index contributed by atoms with van der Waals surface area (Å²) in [6.45, 7) is 3.83. The van der Waals surface area contributed by atoms with E-state index in [-0.39, 0.29) is 6.04 Å². The van der Waals surface area contributed by atoms with Gasteiger partial charge in [-0.05, 0) is 31.5 Å². The molecule has 2 rings (SSSR count). The number of carboxylic acids is 1. The summed E-state index contributed by atoms with van der Waals surface area (Å²) in [5.41, 5.74) is 2.95. The van der Waals surface area contributed by atoms with Gasteiger partial charge < -0.3 is 10.4 Å². The third-order valence-electron chi connectivity index (χ3n) is 3.16. The molecule has 19 heavy (non-hydrogen) atoms. The van der Waals surface area contributed by atoms with E-state index >= 15 is 0 Å². The Kier molecular flexibility index (Phi) is 3.55. The second kappa shape index (κ2) is 5.14. The monoisotopic (exact) mass is 259 g/mol. The quantitative estimate of drug-likeness (QED) is 0.885. The van der Waals surface area contributed by atoms with Gasteiger partial charge in [0.1, 0.15) is 0 Å². The number of aromatic nitrogens is 2. The molecule has 0 aliphatic carbocycles. The molecule has 2 aromatic rings. The lowest BCUT2D eigenvalue weighted by Crippen LogP contribution is -2.09. The lowest BCUT2D eigenvalue weighted by atomic mass is 10.1. The maximum Gasteiger partial charge on any atom is 0.336 e. The van der Waals surface area contributed by atoms with E-state index in [9.17, 15) is 4.79 Å². The lowest BCUT2D eigenvalue weighted by Gasteiger charge is -2.16. The number of nitrogens with one attached hydrogen (secondary N) is 1. The fraction of sp³-hybridized carbons (Fsp3) is 0.286. The minimum absolute atomic E-state index is 0.0662. The number of rotatable bonds is 4. The van der Waals surface area contributed by atoms with Crippen molar-refractivity contribution in [3.63, 3.8) is 0 Å². The van der Waals surface area contributed by atoms with Gasteiger partial charge in [0.25, 0.3) is 0 Å². The summed E-state index contributed by atoms with van der Waals surface area (Å²) in [6, 6.07) is 5.30. The van der Waals surface area contributed by atoms with Crippen molar-refractivity contribution in [3.05, 3.63) is 47.3 Å². The summed E-state index contributed by atoms with van der Waals surface area (Å²) in [6.07, 6.45) is 3.74. The molecular weight excluding hydrogens is 242 g/mol. The standard InChI is InChI=1S/C14H17N3O2/c1-9-12(14(18)19)5-4-6-13(9)16-10(2)11-7-15-17(3)8-11/h4-8,10,16H,1-3H3,(H,18,19). The first-order valence-electron chi connectivity index (χ1n) is 6.07. The Morgan fingerprint density at radius 1 is 1.47 bits per heavy atom. The number of anilines is 1. The summed E-state index contributed by atoms with van der Waals surface area (Å²) in [7, 11) is 1.87. The molecule has 0 bridgehead atoms. The van der Waals surface area contributed by atoms with Crippen LogP contribution in [0.25, 0.3) is 0 Å². The highest BCUT2D eigenvalue weighted by molar-refractivity contribution is 5.91. The summed E-state index contributed by atoms with van der Waals surface area (Å²) in [5.74, 6) is -0.907. The smallest absolute Gasteiger partial charge is 0.336 e. The topological polar surface area (TPSA) is 67.2 Å². The predicted octanol–water partition coefficient (Wildman–Crippen LogP) is 2.60. The molecule has 0 aliphatic rings. The van der Waals surface area contributed by atoms with Crippen LogP contribution in [0.5, 0.6) is 0 Å². The number of carbonyl (C=O) groups is 1. The van der Waals surface area contributed by atoms with Crippen LogP contribution in [0.15, 0.2) is 30.6 Å². The molecule has 1 heterocycles. The van der Waals surface area contributed by atoms with E-state index in [1.165, 1.54) is 0 Å². The third kappa shape index (κ3) is 2.76. The molecule has 5 nitrogen and oxygen atoms in total. The van der Waals surface area contributed by atoms with Crippen molar-refractivity contribution in [3.8, 4) is 0 Å². The van der Waals surface area contributed by atoms with Crippen molar-refractivity contribution in [1.29, 1.82) is 0 Å². The molecule has 0 radical (unpaired) electrons. The first-order chi connectivity index (χ1) is 8.99. The Balaban J connectivity index is 2.24. The number of benzene rings is 1. The van der Waals surface area contributed by atoms with E-state index in [4.69, 9.17) is 5.11 Å². The lowest BCUT2D eigenvalue weighted by molar-refractivity contribution is 0.0696. The molecule has 100 valence electrons. The van der Waals surface area contributed by atoms with Crippen LogP contribution in [0.4, 0.5) is 5.69 Å². The van der Waals surface area contributed by atoms with E-state index in [2.05, 4.69) is 10.4 Å². The zero-order valence-corrected chi connectivity index (χ0v) is 11.2. The summed E-state index contributed by atoms with van der Waals surface area (Å²) in [5, 5.41) is 16.6. The van der Waals surface area contributed by atoms with Gasteiger partial charge in [-0.1, -0.05) is 6.07 Å². The zero-order valence-electron chi connectivity index (χ0n) is 11.2. The fourth-order valence-corrected chi connectivity index (χ4v) is 2.00. The van der Waals surface area contributed by atoms with Gasteiger partial charge in [-0.3, -0.25) is 4.68 Å². The van der Waals surface area contributed by atoms with Gasteiger partial charge in [0.2, 0.25) is 0 Å². The van der Waals surface area contributed by atoms with Crippen molar-refractivity contribution in [2.24, 2.45) is 7.05 Å². The minimum Gasteiger partial charge on any atom is -0.478 e. The minimum atomic E-state index is -0.907. The number of aromatic carboxylic acids is 1. The average Bonchev–Trinajstić information content (AvgIpc) is 2.78. The first-order valence-corrected chi connectivity index (χ1v) is 6.07. The van der Waals surface area contributed by atoms with E-state index in [1.807, 2.05) is 33.2 Å². The highest BCUT2D eigenvalue weighted by atomic mass is 16.4. The van der Waals surface area contributed by atoms with Gasteiger partial charge >= 0.3 is 5.97 Å². The van der Waals surface area contributed by atoms with Crippen molar-refractivity contribution >= 4 is 11.7 Å². The van der Waals surface area contributed by atoms with Crippen molar-refractivity contribution in [1.82, 2.24) is 9.78 Å². The molecule has 1 atom stereocenters. The number of hydrogen-bond acceptors (Lipinski definition) is 3. The Bertz CT molecular complexity index is 604. The van der Waals surface area contributed by atoms with E-state index in [0.717, 1.165) is 16.8 Å². The molecule has 0 saturated heterocycles. The van der Waals surface area contributed by atoms with Crippen molar-refractivity contribution in [2.75, 3.05) is 5.32 Å². The van der Waals surface area contributed by atoms with Crippen molar-refractivity contribution in [2.45, 2.75) is 19.9 Å². The molecule has 0 aliphatic heterocycles. The second-order valence-electron chi connectivity index (χ2n) is 4.60. The SMILES string of the molecule is Cc1c(NC(C)c2cnn(C)c2)cccc1C(=O)O. The van der Waals surface area contributed by atoms with Gasteiger partial charge in [-0.25, -0.2) is 4.79 Å².